The van der Waals surface area contributed by atoms with E-state index in [1.807, 2.05) is 29.2 Å². The zero-order chi connectivity index (χ0) is 22.9. The molecule has 33 heavy (non-hydrogen) atoms. The Morgan fingerprint density at radius 3 is 2.61 bits per heavy atom. The number of aromatic nitrogens is 1. The highest BCUT2D eigenvalue weighted by Gasteiger charge is 2.42. The van der Waals surface area contributed by atoms with E-state index in [0.29, 0.717) is 22.2 Å². The summed E-state index contributed by atoms with van der Waals surface area (Å²) in [6.07, 6.45) is 1.72. The number of thiocarbonyl (C=S) groups is 1. The van der Waals surface area contributed by atoms with Gasteiger partial charge in [-0.25, -0.2) is 0 Å². The molecule has 0 radical (unpaired) electrons. The van der Waals surface area contributed by atoms with E-state index in [-0.39, 0.29) is 23.5 Å². The third-order valence-electron chi connectivity index (χ3n) is 5.49. The highest BCUT2D eigenvalue weighted by molar-refractivity contribution is 7.80. The summed E-state index contributed by atoms with van der Waals surface area (Å²) in [6.45, 7) is 0. The van der Waals surface area contributed by atoms with Crippen LogP contribution >= 0.6 is 12.2 Å². The summed E-state index contributed by atoms with van der Waals surface area (Å²) < 4.78 is 6.22. The molecule has 2 N–H and O–H groups in total. The van der Waals surface area contributed by atoms with E-state index in [1.54, 1.807) is 48.7 Å². The van der Waals surface area contributed by atoms with Crippen molar-refractivity contribution in [1.82, 2.24) is 10.3 Å². The Kier molecular flexibility index (Phi) is 5.23. The molecule has 0 bridgehead atoms. The Hall–Kier alpha value is -4.24. The lowest BCUT2D eigenvalue weighted by Gasteiger charge is -2.26. The fourth-order valence-corrected chi connectivity index (χ4v) is 4.32. The number of furan rings is 1. The van der Waals surface area contributed by atoms with Gasteiger partial charge in [0.25, 0.3) is 5.69 Å². The summed E-state index contributed by atoms with van der Waals surface area (Å²) in [7, 11) is 0. The van der Waals surface area contributed by atoms with Crippen molar-refractivity contribution in [2.75, 3.05) is 4.90 Å². The van der Waals surface area contributed by atoms with E-state index in [2.05, 4.69) is 10.3 Å². The molecule has 8 nitrogen and oxygen atoms in total. The van der Waals surface area contributed by atoms with Crippen molar-refractivity contribution in [2.45, 2.75) is 12.1 Å². The van der Waals surface area contributed by atoms with E-state index in [0.717, 1.165) is 11.4 Å². The molecule has 4 aromatic rings. The number of non-ortho nitro benzene ring substituents is 1. The predicted octanol–water partition coefficient (Wildman–Crippen LogP) is 5.13. The third-order valence-corrected chi connectivity index (χ3v) is 5.80. The molecule has 5 rings (SSSR count). The van der Waals surface area contributed by atoms with Gasteiger partial charge in [-0.1, -0.05) is 18.2 Å². The Balaban J connectivity index is 1.58. The maximum absolute atomic E-state index is 11.2. The molecule has 164 valence electrons. The van der Waals surface area contributed by atoms with Crippen LogP contribution in [0, 0.1) is 10.1 Å². The number of benzene rings is 2. The first-order chi connectivity index (χ1) is 16.0. The van der Waals surface area contributed by atoms with E-state index in [9.17, 15) is 15.2 Å². The van der Waals surface area contributed by atoms with Crippen LogP contribution in [-0.4, -0.2) is 20.1 Å². The molecule has 1 aliphatic heterocycles. The van der Waals surface area contributed by atoms with E-state index in [1.165, 1.54) is 12.1 Å². The molecule has 3 heterocycles. The van der Waals surface area contributed by atoms with Crippen LogP contribution in [0.3, 0.4) is 0 Å². The van der Waals surface area contributed by atoms with Gasteiger partial charge in [0.2, 0.25) is 0 Å². The number of nitro groups is 1. The van der Waals surface area contributed by atoms with Gasteiger partial charge in [-0.2, -0.15) is 0 Å². The fraction of sp³-hybridized carbons (Fsp3) is 0.0833. The molecule has 0 aliphatic carbocycles. The largest absolute Gasteiger partial charge is 0.508 e. The first kappa shape index (κ1) is 20.7. The van der Waals surface area contributed by atoms with Crippen molar-refractivity contribution in [2.24, 2.45) is 0 Å². The first-order valence-electron chi connectivity index (χ1n) is 10.2. The van der Waals surface area contributed by atoms with Crippen molar-refractivity contribution in [3.05, 3.63) is 107 Å². The Morgan fingerprint density at radius 2 is 1.88 bits per heavy atom. The minimum absolute atomic E-state index is 0.00811. The van der Waals surface area contributed by atoms with Crippen LogP contribution in [0.5, 0.6) is 5.75 Å². The molecular weight excluding hydrogens is 440 g/mol. The third kappa shape index (κ3) is 3.90. The smallest absolute Gasteiger partial charge is 0.270 e. The van der Waals surface area contributed by atoms with Crippen molar-refractivity contribution in [1.29, 1.82) is 0 Å². The summed E-state index contributed by atoms with van der Waals surface area (Å²) in [5, 5.41) is 24.7. The van der Waals surface area contributed by atoms with Crippen LogP contribution in [0.2, 0.25) is 0 Å². The van der Waals surface area contributed by atoms with Crippen LogP contribution in [0.15, 0.2) is 89.5 Å². The quantitative estimate of drug-likeness (QED) is 0.241. The fourth-order valence-electron chi connectivity index (χ4n) is 3.97. The molecule has 1 saturated heterocycles. The Morgan fingerprint density at radius 1 is 1.06 bits per heavy atom. The Bertz CT molecular complexity index is 1320. The van der Waals surface area contributed by atoms with Gasteiger partial charge in [-0.15, -0.1) is 0 Å². The SMILES string of the molecule is O=[N+]([O-])c1cccc(-c2ccc([C@H]3[C@H](c4ccccn4)NC(=S)N3c3ccc(O)cc3)o2)c1. The van der Waals surface area contributed by atoms with Gasteiger partial charge >= 0.3 is 0 Å². The molecule has 2 aromatic heterocycles. The van der Waals surface area contributed by atoms with Crippen LogP contribution in [0.4, 0.5) is 11.4 Å². The van der Waals surface area contributed by atoms with Gasteiger partial charge in [-0.3, -0.25) is 15.1 Å². The zero-order valence-corrected chi connectivity index (χ0v) is 18.0. The number of nitro benzene ring substituents is 1. The number of hydrogen-bond acceptors (Lipinski definition) is 6. The molecule has 1 aliphatic rings. The molecule has 1 fully saturated rings. The van der Waals surface area contributed by atoms with Crippen LogP contribution in [0.1, 0.15) is 23.5 Å². The van der Waals surface area contributed by atoms with Gasteiger partial charge in [0.1, 0.15) is 23.3 Å². The molecule has 2 aromatic carbocycles. The number of nitrogens with one attached hydrogen (secondary N) is 1. The van der Waals surface area contributed by atoms with Gasteiger partial charge in [0, 0.05) is 29.6 Å². The number of aromatic hydroxyl groups is 1. The number of nitrogens with zero attached hydrogens (tertiary/aromatic N) is 3. The van der Waals surface area contributed by atoms with Crippen molar-refractivity contribution < 1.29 is 14.4 Å². The number of phenolic OH excluding ortho intramolecular Hbond substituents is 1. The maximum Gasteiger partial charge on any atom is 0.270 e. The van der Waals surface area contributed by atoms with Crippen molar-refractivity contribution in [3.63, 3.8) is 0 Å². The molecular formula is C24H18N4O4S. The summed E-state index contributed by atoms with van der Waals surface area (Å²) >= 11 is 5.66. The number of pyridine rings is 1. The number of rotatable bonds is 5. The van der Waals surface area contributed by atoms with Crippen LogP contribution < -0.4 is 10.2 Å². The van der Waals surface area contributed by atoms with E-state index < -0.39 is 4.92 Å². The average molecular weight is 458 g/mol. The minimum Gasteiger partial charge on any atom is -0.508 e. The minimum atomic E-state index is -0.434. The molecule has 0 spiro atoms. The highest BCUT2D eigenvalue weighted by atomic mass is 32.1. The van der Waals surface area contributed by atoms with Gasteiger partial charge in [-0.05, 0) is 60.7 Å². The molecule has 2 atom stereocenters. The lowest BCUT2D eigenvalue weighted by molar-refractivity contribution is -0.384. The predicted molar refractivity (Wildman–Crippen MR) is 127 cm³/mol. The summed E-state index contributed by atoms with van der Waals surface area (Å²) in [4.78, 5) is 17.2. The van der Waals surface area contributed by atoms with Crippen LogP contribution in [0.25, 0.3) is 11.3 Å². The van der Waals surface area contributed by atoms with Crippen LogP contribution in [-0.2, 0) is 0 Å². The van der Waals surface area contributed by atoms with Gasteiger partial charge in [0.05, 0.1) is 16.7 Å². The maximum atomic E-state index is 11.2. The topological polar surface area (TPSA) is 105 Å². The second kappa shape index (κ2) is 8.36. The Labute approximate surface area is 194 Å². The lowest BCUT2D eigenvalue weighted by atomic mass is 10.0. The van der Waals surface area contributed by atoms with Crippen molar-refractivity contribution in [3.8, 4) is 17.1 Å². The number of anilines is 1. The standard InChI is InChI=1S/C24H18N4O4S/c29-18-9-7-16(8-10-18)27-23(22(26-24(27)33)19-6-1-2-13-25-19)21-12-11-20(32-21)15-4-3-5-17(14-15)28(30)31/h1-14,22-23,29H,(H,26,33)/t22-,23-/m0/s1. The van der Waals surface area contributed by atoms with Gasteiger partial charge in [0.15, 0.2) is 5.11 Å². The number of phenols is 1. The van der Waals surface area contributed by atoms with E-state index >= 15 is 0 Å². The first-order valence-corrected chi connectivity index (χ1v) is 10.6. The normalized spacial score (nSPS) is 17.7. The molecule has 0 saturated carbocycles. The average Bonchev–Trinajstić information content (AvgIpc) is 3.45. The van der Waals surface area contributed by atoms with Crippen molar-refractivity contribution >= 4 is 28.7 Å². The second-order valence-electron chi connectivity index (χ2n) is 7.52. The second-order valence-corrected chi connectivity index (χ2v) is 7.91. The van der Waals surface area contributed by atoms with E-state index in [4.69, 9.17) is 16.6 Å². The molecule has 0 amide bonds. The summed E-state index contributed by atoms with van der Waals surface area (Å²) in [6, 6.07) is 21.7. The summed E-state index contributed by atoms with van der Waals surface area (Å²) in [5.41, 5.74) is 2.17. The van der Waals surface area contributed by atoms with Gasteiger partial charge < -0.3 is 19.7 Å². The number of hydrogen-bond donors (Lipinski definition) is 2. The lowest BCUT2D eigenvalue weighted by Crippen LogP contribution is -2.29. The molecule has 0 unspecified atom stereocenters. The summed E-state index contributed by atoms with van der Waals surface area (Å²) in [5.74, 6) is 1.28. The monoisotopic (exact) mass is 458 g/mol. The zero-order valence-electron chi connectivity index (χ0n) is 17.2. The molecule has 9 heteroatoms. The highest BCUT2D eigenvalue weighted by Crippen LogP contribution is 2.43.